The van der Waals surface area contributed by atoms with Gasteiger partial charge in [0.05, 0.1) is 6.20 Å². The lowest BCUT2D eigenvalue weighted by Gasteiger charge is -2.00. The van der Waals surface area contributed by atoms with Crippen molar-refractivity contribution in [3.8, 4) is 11.5 Å². The predicted octanol–water partition coefficient (Wildman–Crippen LogP) is 1.30. The minimum Gasteiger partial charge on any atom is -0.339 e. The molecule has 20 heavy (non-hydrogen) atoms. The molecule has 0 spiro atoms. The van der Waals surface area contributed by atoms with Gasteiger partial charge in [-0.1, -0.05) is 16.5 Å². The Morgan fingerprint density at radius 2 is 2.30 bits per heavy atom. The summed E-state index contributed by atoms with van der Waals surface area (Å²) in [6.07, 6.45) is 5.22. The third-order valence-electron chi connectivity index (χ3n) is 2.79. The molecule has 102 valence electrons. The molecular formula is C12H11N5O2S. The molecule has 0 atom stereocenters. The van der Waals surface area contributed by atoms with Gasteiger partial charge >= 0.3 is 4.87 Å². The summed E-state index contributed by atoms with van der Waals surface area (Å²) in [5, 5.41) is 5.69. The molecule has 3 aromatic rings. The number of nitrogens with zero attached hydrogens (tertiary/aromatic N) is 5. The highest BCUT2D eigenvalue weighted by Gasteiger charge is 2.11. The van der Waals surface area contributed by atoms with E-state index in [9.17, 15) is 4.79 Å². The van der Waals surface area contributed by atoms with Crippen LogP contribution in [0.15, 0.2) is 33.3 Å². The van der Waals surface area contributed by atoms with Gasteiger partial charge in [-0.25, -0.2) is 4.98 Å². The van der Waals surface area contributed by atoms with E-state index in [1.165, 1.54) is 11.3 Å². The van der Waals surface area contributed by atoms with Gasteiger partial charge in [0.25, 0.3) is 0 Å². The third kappa shape index (κ3) is 2.50. The number of hydrogen-bond donors (Lipinski definition) is 0. The predicted molar refractivity (Wildman–Crippen MR) is 72.3 cm³/mol. The Hall–Kier alpha value is -2.35. The Kier molecular flexibility index (Phi) is 3.38. The lowest BCUT2D eigenvalue weighted by atomic mass is 10.4. The summed E-state index contributed by atoms with van der Waals surface area (Å²) in [7, 11) is 0. The number of thiazole rings is 1. The molecule has 0 aromatic carbocycles. The first-order chi connectivity index (χ1) is 9.74. The molecule has 3 rings (SSSR count). The lowest BCUT2D eigenvalue weighted by Crippen LogP contribution is -2.16. The smallest absolute Gasteiger partial charge is 0.307 e. The molecule has 0 N–H and O–H groups in total. The number of hydrogen-bond acceptors (Lipinski definition) is 7. The zero-order valence-electron chi connectivity index (χ0n) is 10.7. The number of rotatable bonds is 4. The second-order valence-corrected chi connectivity index (χ2v) is 4.97. The summed E-state index contributed by atoms with van der Waals surface area (Å²) in [5.74, 6) is 0.880. The van der Waals surface area contributed by atoms with E-state index in [0.717, 1.165) is 5.69 Å². The summed E-state index contributed by atoms with van der Waals surface area (Å²) >= 11 is 1.19. The van der Waals surface area contributed by atoms with Crippen LogP contribution in [0.4, 0.5) is 0 Å². The van der Waals surface area contributed by atoms with E-state index in [4.69, 9.17) is 4.52 Å². The normalized spacial score (nSPS) is 10.8. The summed E-state index contributed by atoms with van der Waals surface area (Å²) in [5.41, 5.74) is 1.50. The van der Waals surface area contributed by atoms with Crippen molar-refractivity contribution >= 4 is 11.3 Å². The van der Waals surface area contributed by atoms with Crippen LogP contribution in [-0.4, -0.2) is 24.7 Å². The fourth-order valence-electron chi connectivity index (χ4n) is 1.76. The number of aryl methyl sites for hydroxylation is 2. The average Bonchev–Trinajstić information content (AvgIpc) is 3.06. The van der Waals surface area contributed by atoms with E-state index in [-0.39, 0.29) is 4.87 Å². The minimum atomic E-state index is 0.0242. The van der Waals surface area contributed by atoms with E-state index in [1.54, 1.807) is 23.2 Å². The van der Waals surface area contributed by atoms with Crippen LogP contribution in [0.3, 0.4) is 0 Å². The summed E-state index contributed by atoms with van der Waals surface area (Å²) in [6.45, 7) is 2.42. The molecule has 3 heterocycles. The van der Waals surface area contributed by atoms with Crippen LogP contribution in [0, 0.1) is 6.92 Å². The van der Waals surface area contributed by atoms with Gasteiger partial charge in [-0.15, -0.1) is 0 Å². The van der Waals surface area contributed by atoms with Crippen molar-refractivity contribution in [1.29, 1.82) is 0 Å². The van der Waals surface area contributed by atoms with E-state index in [0.29, 0.717) is 30.4 Å². The Morgan fingerprint density at radius 3 is 3.00 bits per heavy atom. The molecule has 8 heteroatoms. The molecule has 0 radical (unpaired) electrons. The maximum atomic E-state index is 11.6. The molecule has 0 saturated heterocycles. The van der Waals surface area contributed by atoms with Crippen LogP contribution in [-0.2, 0) is 13.0 Å². The molecule has 0 aliphatic heterocycles. The second-order valence-electron chi connectivity index (χ2n) is 4.15. The van der Waals surface area contributed by atoms with E-state index in [2.05, 4.69) is 20.1 Å². The van der Waals surface area contributed by atoms with Crippen molar-refractivity contribution in [1.82, 2.24) is 24.7 Å². The molecule has 3 aromatic heterocycles. The second kappa shape index (κ2) is 5.33. The fraction of sp³-hybridized carbons (Fsp3) is 0.250. The highest BCUT2D eigenvalue weighted by molar-refractivity contribution is 7.07. The number of aromatic nitrogens is 5. The van der Waals surface area contributed by atoms with Gasteiger partial charge in [0.2, 0.25) is 11.7 Å². The Labute approximate surface area is 117 Å². The molecular weight excluding hydrogens is 278 g/mol. The molecule has 0 fully saturated rings. The van der Waals surface area contributed by atoms with E-state index >= 15 is 0 Å². The Morgan fingerprint density at radius 1 is 1.40 bits per heavy atom. The van der Waals surface area contributed by atoms with Gasteiger partial charge in [-0.2, -0.15) is 4.98 Å². The SMILES string of the molecule is Cc1csc(=O)n1CCc1nc(-c2cnccn2)no1. The molecule has 7 nitrogen and oxygen atoms in total. The van der Waals surface area contributed by atoms with Crippen LogP contribution < -0.4 is 4.87 Å². The van der Waals surface area contributed by atoms with Crippen LogP contribution in [0.25, 0.3) is 11.5 Å². The lowest BCUT2D eigenvalue weighted by molar-refractivity contribution is 0.371. The van der Waals surface area contributed by atoms with Gasteiger partial charge in [0, 0.05) is 36.4 Å². The standard InChI is InChI=1S/C12H11N5O2S/c1-8-7-20-12(18)17(8)5-2-10-15-11(16-19-10)9-6-13-3-4-14-9/h3-4,6-7H,2,5H2,1H3. The van der Waals surface area contributed by atoms with Gasteiger partial charge < -0.3 is 9.09 Å². The minimum absolute atomic E-state index is 0.0242. The maximum Gasteiger partial charge on any atom is 0.307 e. The summed E-state index contributed by atoms with van der Waals surface area (Å²) in [6, 6.07) is 0. The van der Waals surface area contributed by atoms with Crippen LogP contribution in [0.1, 0.15) is 11.6 Å². The van der Waals surface area contributed by atoms with Crippen molar-refractivity contribution in [2.75, 3.05) is 0 Å². The largest absolute Gasteiger partial charge is 0.339 e. The van der Waals surface area contributed by atoms with Crippen molar-refractivity contribution in [3.63, 3.8) is 0 Å². The van der Waals surface area contributed by atoms with Crippen LogP contribution in [0.5, 0.6) is 0 Å². The first kappa shape index (κ1) is 12.7. The van der Waals surface area contributed by atoms with Gasteiger partial charge in [0.1, 0.15) is 5.69 Å². The first-order valence-corrected chi connectivity index (χ1v) is 6.86. The van der Waals surface area contributed by atoms with Gasteiger partial charge in [-0.3, -0.25) is 9.78 Å². The topological polar surface area (TPSA) is 86.7 Å². The highest BCUT2D eigenvalue weighted by Crippen LogP contribution is 2.11. The van der Waals surface area contributed by atoms with E-state index < -0.39 is 0 Å². The van der Waals surface area contributed by atoms with Crippen molar-refractivity contribution in [2.45, 2.75) is 19.9 Å². The molecule has 0 aliphatic carbocycles. The van der Waals surface area contributed by atoms with Crippen molar-refractivity contribution < 1.29 is 4.52 Å². The third-order valence-corrected chi connectivity index (χ3v) is 3.67. The molecule has 0 amide bonds. The average molecular weight is 289 g/mol. The summed E-state index contributed by atoms with van der Waals surface area (Å²) in [4.78, 5) is 23.9. The van der Waals surface area contributed by atoms with Crippen molar-refractivity contribution in [2.24, 2.45) is 0 Å². The first-order valence-electron chi connectivity index (χ1n) is 5.98. The van der Waals surface area contributed by atoms with Crippen LogP contribution in [0.2, 0.25) is 0 Å². The van der Waals surface area contributed by atoms with Gasteiger partial charge in [0.15, 0.2) is 0 Å². The zero-order valence-corrected chi connectivity index (χ0v) is 11.5. The quantitative estimate of drug-likeness (QED) is 0.719. The Bertz CT molecular complexity index is 762. The monoisotopic (exact) mass is 289 g/mol. The molecule has 0 bridgehead atoms. The molecule has 0 unspecified atom stereocenters. The van der Waals surface area contributed by atoms with E-state index in [1.807, 2.05) is 12.3 Å². The van der Waals surface area contributed by atoms with Crippen LogP contribution >= 0.6 is 11.3 Å². The molecule has 0 aliphatic rings. The Balaban J connectivity index is 1.74. The fourth-order valence-corrected chi connectivity index (χ4v) is 2.52. The maximum absolute atomic E-state index is 11.6. The van der Waals surface area contributed by atoms with Crippen molar-refractivity contribution in [3.05, 3.63) is 45.2 Å². The summed E-state index contributed by atoms with van der Waals surface area (Å²) < 4.78 is 6.85. The zero-order chi connectivity index (χ0) is 13.9. The highest BCUT2D eigenvalue weighted by atomic mass is 32.1. The molecule has 0 saturated carbocycles. The van der Waals surface area contributed by atoms with Gasteiger partial charge in [-0.05, 0) is 6.92 Å².